The number of alkyl halides is 1. The van der Waals surface area contributed by atoms with Crippen LogP contribution in [0.4, 0.5) is 4.39 Å². The van der Waals surface area contributed by atoms with E-state index in [1.165, 1.54) is 0 Å². The lowest BCUT2D eigenvalue weighted by Crippen LogP contribution is -2.46. The summed E-state index contributed by atoms with van der Waals surface area (Å²) in [5.74, 6) is -0.0818. The predicted molar refractivity (Wildman–Crippen MR) is 64.2 cm³/mol. The van der Waals surface area contributed by atoms with Gasteiger partial charge in [-0.25, -0.2) is 4.39 Å². The largest absolute Gasteiger partial charge is 0.372 e. The number of nitrogens with zero attached hydrogens (tertiary/aromatic N) is 3. The SMILES string of the molecule is CCc1nn(C)cc1C(=O)N1CCOC(CF)C1. The number of morpholine rings is 1. The minimum atomic E-state index is -0.558. The van der Waals surface area contributed by atoms with Crippen LogP contribution in [0.15, 0.2) is 6.20 Å². The molecule has 0 N–H and O–H groups in total. The summed E-state index contributed by atoms with van der Waals surface area (Å²) < 4.78 is 19.4. The van der Waals surface area contributed by atoms with E-state index < -0.39 is 12.8 Å². The molecule has 2 heterocycles. The maximum Gasteiger partial charge on any atom is 0.257 e. The molecule has 2 rings (SSSR count). The smallest absolute Gasteiger partial charge is 0.257 e. The van der Waals surface area contributed by atoms with Crippen LogP contribution in [0, 0.1) is 0 Å². The molecule has 0 radical (unpaired) electrons. The second-order valence-electron chi connectivity index (χ2n) is 4.41. The zero-order chi connectivity index (χ0) is 13.1. The molecule has 1 saturated heterocycles. The average molecular weight is 255 g/mol. The number of amides is 1. The molecule has 5 nitrogen and oxygen atoms in total. The number of carbonyl (C=O) groups is 1. The van der Waals surface area contributed by atoms with E-state index in [0.29, 0.717) is 31.7 Å². The van der Waals surface area contributed by atoms with Gasteiger partial charge in [-0.05, 0) is 6.42 Å². The van der Waals surface area contributed by atoms with Crippen molar-refractivity contribution < 1.29 is 13.9 Å². The van der Waals surface area contributed by atoms with E-state index in [1.807, 2.05) is 6.92 Å². The zero-order valence-electron chi connectivity index (χ0n) is 10.7. The highest BCUT2D eigenvalue weighted by molar-refractivity contribution is 5.95. The Hall–Kier alpha value is -1.43. The van der Waals surface area contributed by atoms with Crippen molar-refractivity contribution in [1.29, 1.82) is 0 Å². The van der Waals surface area contributed by atoms with Gasteiger partial charge in [0.25, 0.3) is 5.91 Å². The van der Waals surface area contributed by atoms with Crippen molar-refractivity contribution in [2.45, 2.75) is 19.4 Å². The maximum atomic E-state index is 12.6. The van der Waals surface area contributed by atoms with Crippen molar-refractivity contribution in [2.75, 3.05) is 26.4 Å². The van der Waals surface area contributed by atoms with Crippen LogP contribution >= 0.6 is 0 Å². The summed E-state index contributed by atoms with van der Waals surface area (Å²) in [4.78, 5) is 14.0. The molecule has 0 spiro atoms. The first-order valence-corrected chi connectivity index (χ1v) is 6.15. The van der Waals surface area contributed by atoms with Gasteiger partial charge in [-0.2, -0.15) is 5.10 Å². The molecule has 100 valence electrons. The molecule has 1 aromatic rings. The Kier molecular flexibility index (Phi) is 3.96. The fourth-order valence-corrected chi connectivity index (χ4v) is 2.14. The zero-order valence-corrected chi connectivity index (χ0v) is 10.7. The molecule has 1 aliphatic rings. The number of aromatic nitrogens is 2. The Morgan fingerprint density at radius 3 is 3.11 bits per heavy atom. The van der Waals surface area contributed by atoms with Crippen LogP contribution in [0.2, 0.25) is 0 Å². The van der Waals surface area contributed by atoms with Crippen LogP contribution in [-0.4, -0.2) is 53.1 Å². The van der Waals surface area contributed by atoms with Gasteiger partial charge in [0.15, 0.2) is 0 Å². The summed E-state index contributed by atoms with van der Waals surface area (Å²) >= 11 is 0. The third-order valence-electron chi connectivity index (χ3n) is 3.07. The number of rotatable bonds is 3. The summed E-state index contributed by atoms with van der Waals surface area (Å²) in [6.07, 6.45) is 1.93. The second kappa shape index (κ2) is 5.48. The minimum Gasteiger partial charge on any atom is -0.372 e. The van der Waals surface area contributed by atoms with E-state index in [0.717, 1.165) is 5.69 Å². The van der Waals surface area contributed by atoms with Crippen molar-refractivity contribution in [3.63, 3.8) is 0 Å². The van der Waals surface area contributed by atoms with Crippen molar-refractivity contribution >= 4 is 5.91 Å². The van der Waals surface area contributed by atoms with Gasteiger partial charge in [0, 0.05) is 26.3 Å². The summed E-state index contributed by atoms with van der Waals surface area (Å²) in [6, 6.07) is 0. The number of hydrogen-bond acceptors (Lipinski definition) is 3. The summed E-state index contributed by atoms with van der Waals surface area (Å²) in [7, 11) is 1.79. The summed E-state index contributed by atoms with van der Waals surface area (Å²) in [5, 5.41) is 4.25. The molecule has 1 aliphatic heterocycles. The van der Waals surface area contributed by atoms with E-state index in [2.05, 4.69) is 5.10 Å². The van der Waals surface area contributed by atoms with Gasteiger partial charge in [0.05, 0.1) is 17.9 Å². The lowest BCUT2D eigenvalue weighted by atomic mass is 10.1. The van der Waals surface area contributed by atoms with Gasteiger partial charge in [-0.15, -0.1) is 0 Å². The number of aryl methyl sites for hydroxylation is 2. The van der Waals surface area contributed by atoms with E-state index in [1.54, 1.807) is 22.8 Å². The fourth-order valence-electron chi connectivity index (χ4n) is 2.14. The molecule has 1 aromatic heterocycles. The van der Waals surface area contributed by atoms with Crippen LogP contribution in [0.25, 0.3) is 0 Å². The number of halogens is 1. The second-order valence-corrected chi connectivity index (χ2v) is 4.41. The lowest BCUT2D eigenvalue weighted by Gasteiger charge is -2.31. The summed E-state index contributed by atoms with van der Waals surface area (Å²) in [5.41, 5.74) is 1.39. The average Bonchev–Trinajstić information content (AvgIpc) is 2.79. The van der Waals surface area contributed by atoms with E-state index in [4.69, 9.17) is 4.74 Å². The molecular weight excluding hydrogens is 237 g/mol. The normalized spacial score (nSPS) is 20.2. The third kappa shape index (κ3) is 2.53. The first-order chi connectivity index (χ1) is 8.65. The predicted octanol–water partition coefficient (Wildman–Crippen LogP) is 0.793. The molecule has 0 aromatic carbocycles. The molecule has 6 heteroatoms. The van der Waals surface area contributed by atoms with Gasteiger partial charge in [-0.1, -0.05) is 6.92 Å². The van der Waals surface area contributed by atoms with E-state index in [-0.39, 0.29) is 5.91 Å². The van der Waals surface area contributed by atoms with Gasteiger partial charge in [-0.3, -0.25) is 9.48 Å². The fraction of sp³-hybridized carbons (Fsp3) is 0.667. The molecule has 0 aliphatic carbocycles. The quantitative estimate of drug-likeness (QED) is 0.802. The third-order valence-corrected chi connectivity index (χ3v) is 3.07. The van der Waals surface area contributed by atoms with Gasteiger partial charge in [0.1, 0.15) is 12.8 Å². The molecule has 18 heavy (non-hydrogen) atoms. The van der Waals surface area contributed by atoms with E-state index >= 15 is 0 Å². The highest BCUT2D eigenvalue weighted by Crippen LogP contribution is 2.14. The van der Waals surface area contributed by atoms with Crippen molar-refractivity contribution in [2.24, 2.45) is 7.05 Å². The Morgan fingerprint density at radius 1 is 1.67 bits per heavy atom. The lowest BCUT2D eigenvalue weighted by molar-refractivity contribution is -0.0310. The molecule has 1 unspecified atom stereocenters. The number of hydrogen-bond donors (Lipinski definition) is 0. The molecule has 1 fully saturated rings. The summed E-state index contributed by atoms with van der Waals surface area (Å²) in [6.45, 7) is 2.61. The Bertz CT molecular complexity index is 433. The van der Waals surface area contributed by atoms with Crippen molar-refractivity contribution in [3.8, 4) is 0 Å². The maximum absolute atomic E-state index is 12.6. The molecule has 0 saturated carbocycles. The van der Waals surface area contributed by atoms with Gasteiger partial charge in [0.2, 0.25) is 0 Å². The van der Waals surface area contributed by atoms with Crippen molar-refractivity contribution in [3.05, 3.63) is 17.5 Å². The van der Waals surface area contributed by atoms with Crippen LogP contribution in [0.5, 0.6) is 0 Å². The van der Waals surface area contributed by atoms with Gasteiger partial charge >= 0.3 is 0 Å². The van der Waals surface area contributed by atoms with E-state index in [9.17, 15) is 9.18 Å². The number of ether oxygens (including phenoxy) is 1. The van der Waals surface area contributed by atoms with Gasteiger partial charge < -0.3 is 9.64 Å². The topological polar surface area (TPSA) is 47.4 Å². The molecular formula is C12H18FN3O2. The highest BCUT2D eigenvalue weighted by atomic mass is 19.1. The van der Waals surface area contributed by atoms with Crippen LogP contribution < -0.4 is 0 Å². The monoisotopic (exact) mass is 255 g/mol. The first-order valence-electron chi connectivity index (χ1n) is 6.15. The molecule has 1 amide bonds. The van der Waals surface area contributed by atoms with Crippen molar-refractivity contribution in [1.82, 2.24) is 14.7 Å². The standard InChI is InChI=1S/C12H18FN3O2/c1-3-11-10(8-15(2)14-11)12(17)16-4-5-18-9(6-13)7-16/h8-9H,3-7H2,1-2H3. The molecule has 1 atom stereocenters. The number of carbonyl (C=O) groups excluding carboxylic acids is 1. The Labute approximate surface area is 106 Å². The van der Waals surface area contributed by atoms with Crippen LogP contribution in [0.3, 0.4) is 0 Å². The van der Waals surface area contributed by atoms with Crippen LogP contribution in [0.1, 0.15) is 23.0 Å². The Balaban J connectivity index is 2.14. The Morgan fingerprint density at radius 2 is 2.44 bits per heavy atom. The minimum absolute atomic E-state index is 0.0818. The van der Waals surface area contributed by atoms with Crippen LogP contribution in [-0.2, 0) is 18.2 Å². The molecule has 0 bridgehead atoms. The highest BCUT2D eigenvalue weighted by Gasteiger charge is 2.27. The first kappa shape index (κ1) is 13.0.